The number of ether oxygens (including phenoxy) is 7. The number of benzene rings is 4. The van der Waals surface area contributed by atoms with Crippen LogP contribution in [-0.2, 0) is 4.74 Å². The van der Waals surface area contributed by atoms with E-state index in [1.807, 2.05) is 48.5 Å². The van der Waals surface area contributed by atoms with Gasteiger partial charge >= 0.3 is 23.1 Å². The van der Waals surface area contributed by atoms with E-state index < -0.39 is 24.0 Å². The summed E-state index contributed by atoms with van der Waals surface area (Å²) in [5, 5.41) is 23.8. The molecule has 4 aromatic carbocycles. The first-order valence-electron chi connectivity index (χ1n) is 37.3. The van der Waals surface area contributed by atoms with Crippen LogP contribution in [0.4, 0.5) is 0 Å². The number of nitrogens with zero attached hydrogens (tertiary/aromatic N) is 10. The zero-order chi connectivity index (χ0) is 68.3. The SMILES string of the molecule is CCCCC(CC)Oc1cc2c(cc1OC(CC)CCCC)-c1nc-2nc2[n-]c(nc3nc(nc4[n-]c(n1)c1cc5c(cc41)[C@@H]1O[C@H]5C(C#N)C1C#N)-c1cc(OC(CC)CCCC)c(OC(CC)CCCC)cc1-3)c1cc(OC(CC)CCCC)c(OC(CC)CCCC)cc21.[Mg+2]. The van der Waals surface area contributed by atoms with Crippen molar-refractivity contribution in [2.75, 3.05) is 0 Å². The van der Waals surface area contributed by atoms with Crippen molar-refractivity contribution < 1.29 is 33.2 Å². The zero-order valence-corrected chi connectivity index (χ0v) is 61.8. The van der Waals surface area contributed by atoms with Gasteiger partial charge in [0.15, 0.2) is 34.5 Å². The summed E-state index contributed by atoms with van der Waals surface area (Å²) in [6.07, 6.45) is 20.9. The van der Waals surface area contributed by atoms with Crippen molar-refractivity contribution in [1.82, 2.24) is 39.9 Å². The van der Waals surface area contributed by atoms with Crippen LogP contribution in [0, 0.1) is 34.5 Å². The third-order valence-corrected chi connectivity index (χ3v) is 20.1. The van der Waals surface area contributed by atoms with Gasteiger partial charge in [0.05, 0.1) is 83.9 Å². The maximum atomic E-state index is 10.5. The van der Waals surface area contributed by atoms with E-state index in [9.17, 15) is 10.5 Å². The van der Waals surface area contributed by atoms with Crippen molar-refractivity contribution in [3.63, 3.8) is 0 Å². The van der Waals surface area contributed by atoms with Crippen LogP contribution >= 0.6 is 0 Å². The molecule has 1 fully saturated rings. The van der Waals surface area contributed by atoms with Crippen LogP contribution in [0.15, 0.2) is 48.5 Å². The summed E-state index contributed by atoms with van der Waals surface area (Å²) < 4.78 is 49.2. The van der Waals surface area contributed by atoms with E-state index in [2.05, 4.69) is 95.2 Å². The molecule has 98 heavy (non-hydrogen) atoms. The Morgan fingerprint density at radius 2 is 0.571 bits per heavy atom. The molecule has 7 heterocycles. The molecule has 10 atom stereocenters. The Hall–Kier alpha value is -7.25. The molecule has 18 heteroatoms. The molecule has 4 aliphatic heterocycles. The first-order chi connectivity index (χ1) is 47.4. The summed E-state index contributed by atoms with van der Waals surface area (Å²) in [7, 11) is 0. The average Bonchev–Trinajstić information content (AvgIpc) is 1.56. The molecule has 0 radical (unpaired) electrons. The van der Waals surface area contributed by atoms with E-state index in [0.29, 0.717) is 124 Å². The van der Waals surface area contributed by atoms with Gasteiger partial charge < -0.3 is 63.1 Å². The van der Waals surface area contributed by atoms with Crippen LogP contribution in [0.1, 0.15) is 261 Å². The Labute approximate surface area is 596 Å². The Bertz CT molecular complexity index is 3900. The molecule has 0 spiro atoms. The van der Waals surface area contributed by atoms with Crippen molar-refractivity contribution in [2.24, 2.45) is 11.8 Å². The van der Waals surface area contributed by atoms with Gasteiger partial charge in [-0.3, -0.25) is 0 Å². The number of aromatic nitrogens is 8. The predicted octanol–water partition coefficient (Wildman–Crippen LogP) is 20.2. The number of hydrogen-bond acceptors (Lipinski definition) is 15. The number of hydrogen-bond donors (Lipinski definition) is 0. The van der Waals surface area contributed by atoms with E-state index >= 15 is 0 Å². The fraction of sp³-hybridized carbons (Fsp3) is 0.575. The van der Waals surface area contributed by atoms with Crippen LogP contribution in [-0.4, -0.2) is 89.6 Å². The Morgan fingerprint density at radius 1 is 0.347 bits per heavy atom. The minimum atomic E-state index is -0.655. The second-order valence-corrected chi connectivity index (χ2v) is 27.1. The predicted molar refractivity (Wildman–Crippen MR) is 390 cm³/mol. The third kappa shape index (κ3) is 15.7. The van der Waals surface area contributed by atoms with Gasteiger partial charge in [-0.2, -0.15) is 10.5 Å². The minimum absolute atomic E-state index is 0. The van der Waals surface area contributed by atoms with Gasteiger partial charge in [0.2, 0.25) is 0 Å². The largest absolute Gasteiger partial charge is 2.00 e. The quantitative estimate of drug-likeness (QED) is 0.0333. The van der Waals surface area contributed by atoms with Crippen molar-refractivity contribution in [3.8, 4) is 92.2 Å². The summed E-state index contributed by atoms with van der Waals surface area (Å²) in [6, 6.07) is 21.1. The second kappa shape index (κ2) is 34.2. The van der Waals surface area contributed by atoms with Crippen LogP contribution in [0.3, 0.4) is 0 Å². The zero-order valence-electron chi connectivity index (χ0n) is 60.4. The molecule has 1 saturated heterocycles. The molecule has 0 aliphatic carbocycles. The van der Waals surface area contributed by atoms with Gasteiger partial charge in [0.25, 0.3) is 0 Å². The van der Waals surface area contributed by atoms with Gasteiger partial charge in [-0.05, 0) is 158 Å². The van der Waals surface area contributed by atoms with Crippen molar-refractivity contribution >= 4 is 67.2 Å². The maximum Gasteiger partial charge on any atom is 2.00 e. The molecular weight excluding hydrogens is 1240 g/mol. The van der Waals surface area contributed by atoms with Crippen molar-refractivity contribution in [3.05, 3.63) is 59.7 Å². The van der Waals surface area contributed by atoms with Crippen LogP contribution < -0.4 is 38.4 Å². The van der Waals surface area contributed by atoms with Gasteiger partial charge in [-0.1, -0.05) is 160 Å². The first kappa shape index (κ1) is 73.5. The number of unbranched alkanes of at least 4 members (excludes halogenated alkanes) is 6. The molecular formula is C80H102MgN10O7. The molecule has 17 nitrogen and oxygen atoms in total. The molecule has 4 aliphatic rings. The van der Waals surface area contributed by atoms with Crippen molar-refractivity contribution in [1.29, 1.82) is 10.5 Å². The Kier molecular flexibility index (Phi) is 25.6. The molecule has 3 aromatic heterocycles. The molecule has 10 bridgehead atoms. The molecule has 516 valence electrons. The smallest absolute Gasteiger partial charge is 0.487 e. The van der Waals surface area contributed by atoms with Crippen LogP contribution in [0.25, 0.3) is 89.7 Å². The standard InChI is InChI=1S/C80H102N10O7.Mg/c1-13-25-31-47(19-7)91-65-39-57-59(41-67(65)93-49(21-9)33-27-15-3)77-86-75(57)84-73-55-37-53-54(72-64(46-82)63(45-81)71(53)97-72)38-56(55)74(83-73)85-76-58-40-66(92-48(20-8)32-26-14-2)68(94-50(22-10)34-28-16-4)42-60(58)78(87-76)89-80-62-44-70(96-52(24-12)36-30-18-6)69(43-61(62)79(88-77)90-80)95-51(23-11)35-29-17-5;/h37-44,47-52,63-64,71-72H,13-36H2,1-12H3;/q-2;+2/t47?,48?,49?,50?,51?,52?,63?,64?,71-,72+;. The van der Waals surface area contributed by atoms with Crippen LogP contribution in [0.2, 0.25) is 0 Å². The van der Waals surface area contributed by atoms with E-state index in [-0.39, 0.29) is 59.7 Å². The average molecular weight is 1340 g/mol. The fourth-order valence-corrected chi connectivity index (χ4v) is 14.1. The topological polar surface area (TPSA) is 218 Å². The second-order valence-electron chi connectivity index (χ2n) is 27.1. The Morgan fingerprint density at radius 3 is 0.786 bits per heavy atom. The summed E-state index contributed by atoms with van der Waals surface area (Å²) in [5.41, 5.74) is 5.81. The van der Waals surface area contributed by atoms with E-state index in [1.54, 1.807) is 0 Å². The van der Waals surface area contributed by atoms with Crippen LogP contribution in [0.5, 0.6) is 34.5 Å². The monoisotopic (exact) mass is 1340 g/mol. The van der Waals surface area contributed by atoms with E-state index in [1.165, 1.54) is 0 Å². The van der Waals surface area contributed by atoms with Gasteiger partial charge in [0, 0.05) is 44.8 Å². The molecule has 7 aromatic rings. The molecule has 11 rings (SSSR count). The summed E-state index contributed by atoms with van der Waals surface area (Å²) in [6.45, 7) is 26.3. The van der Waals surface area contributed by atoms with Crippen molar-refractivity contribution in [2.45, 2.75) is 286 Å². The van der Waals surface area contributed by atoms with Gasteiger partial charge in [-0.15, -0.1) is 0 Å². The number of rotatable bonds is 36. The molecule has 8 unspecified atom stereocenters. The molecule has 0 N–H and O–H groups in total. The minimum Gasteiger partial charge on any atom is -0.487 e. The summed E-state index contributed by atoms with van der Waals surface area (Å²) in [4.78, 5) is 43.9. The number of fused-ring (bicyclic) bond motifs is 25. The maximum absolute atomic E-state index is 10.5. The van der Waals surface area contributed by atoms with Gasteiger partial charge in [-0.25, -0.2) is 9.97 Å². The molecule has 0 saturated carbocycles. The van der Waals surface area contributed by atoms with E-state index in [0.717, 1.165) is 165 Å². The third-order valence-electron chi connectivity index (χ3n) is 20.1. The van der Waals surface area contributed by atoms with E-state index in [4.69, 9.17) is 73.0 Å². The summed E-state index contributed by atoms with van der Waals surface area (Å²) >= 11 is 0. The Balaban J connectivity index is 0.0000104. The number of nitriles is 2. The fourth-order valence-electron chi connectivity index (χ4n) is 14.1. The normalized spacial score (nSPS) is 17.6. The first-order valence-corrected chi connectivity index (χ1v) is 37.3. The summed E-state index contributed by atoms with van der Waals surface area (Å²) in [5.74, 6) is 3.81. The molecule has 0 amide bonds. The van der Waals surface area contributed by atoms with Gasteiger partial charge in [0.1, 0.15) is 12.2 Å².